The number of benzene rings is 2. The Hall–Kier alpha value is -4.48. The van der Waals surface area contributed by atoms with Crippen molar-refractivity contribution >= 4 is 52.4 Å². The van der Waals surface area contributed by atoms with Gasteiger partial charge in [0.05, 0.1) is 33.1 Å². The van der Waals surface area contributed by atoms with E-state index in [1.807, 2.05) is 13.8 Å². The van der Waals surface area contributed by atoms with Crippen molar-refractivity contribution in [2.45, 2.75) is 52.7 Å². The fourth-order valence-electron chi connectivity index (χ4n) is 4.36. The fraction of sp³-hybridized carbons (Fsp3) is 0.303. The third-order valence-corrected chi connectivity index (χ3v) is 8.10. The average molecular weight is 651 g/mol. The Bertz CT molecular complexity index is 1710. The van der Waals surface area contributed by atoms with Crippen LogP contribution in [0, 0.1) is 5.92 Å². The minimum absolute atomic E-state index is 0.163. The smallest absolute Gasteiger partial charge is 0.337 e. The van der Waals surface area contributed by atoms with E-state index < -0.39 is 35.4 Å². The third kappa shape index (κ3) is 8.37. The Balaban J connectivity index is 1.59. The lowest BCUT2D eigenvalue weighted by molar-refractivity contribution is -0.158. The Morgan fingerprint density at radius 1 is 1.00 bits per heavy atom. The normalized spacial score (nSPS) is 12.6. The summed E-state index contributed by atoms with van der Waals surface area (Å²) < 4.78 is 12.4. The first-order chi connectivity index (χ1) is 21.3. The van der Waals surface area contributed by atoms with Gasteiger partial charge in [0, 0.05) is 17.4 Å². The predicted octanol–water partition coefficient (Wildman–Crippen LogP) is 6.78. The zero-order valence-electron chi connectivity index (χ0n) is 25.8. The molecule has 2 aromatic carbocycles. The molecule has 0 bridgehead atoms. The van der Waals surface area contributed by atoms with Crippen LogP contribution in [0.2, 0.25) is 4.34 Å². The fourth-order valence-corrected chi connectivity index (χ4v) is 5.40. The molecule has 0 saturated carbocycles. The van der Waals surface area contributed by atoms with Crippen LogP contribution in [0.3, 0.4) is 0 Å². The van der Waals surface area contributed by atoms with Crippen molar-refractivity contribution in [2.24, 2.45) is 5.92 Å². The van der Waals surface area contributed by atoms with E-state index in [0.29, 0.717) is 38.3 Å². The largest absolute Gasteiger partial charge is 0.465 e. The van der Waals surface area contributed by atoms with E-state index in [4.69, 9.17) is 21.1 Å². The van der Waals surface area contributed by atoms with Crippen molar-refractivity contribution in [1.82, 2.24) is 15.1 Å². The Morgan fingerprint density at radius 3 is 2.31 bits per heavy atom. The summed E-state index contributed by atoms with van der Waals surface area (Å²) in [5.41, 5.74) is 1.59. The molecule has 2 atom stereocenters. The van der Waals surface area contributed by atoms with Gasteiger partial charge in [-0.05, 0) is 81.3 Å². The van der Waals surface area contributed by atoms with E-state index >= 15 is 0 Å². The molecule has 45 heavy (non-hydrogen) atoms. The molecule has 2 N–H and O–H groups in total. The monoisotopic (exact) mass is 650 g/mol. The summed E-state index contributed by atoms with van der Waals surface area (Å²) in [5, 5.41) is 10.3. The van der Waals surface area contributed by atoms with Gasteiger partial charge in [-0.2, -0.15) is 5.10 Å². The molecule has 236 valence electrons. The van der Waals surface area contributed by atoms with Gasteiger partial charge in [-0.1, -0.05) is 37.9 Å². The number of nitrogens with one attached hydrogen (secondary N) is 2. The molecule has 0 aliphatic carbocycles. The maximum absolute atomic E-state index is 13.6. The van der Waals surface area contributed by atoms with Gasteiger partial charge in [-0.25, -0.2) is 14.3 Å². The molecule has 0 fully saturated rings. The lowest BCUT2D eigenvalue weighted by Gasteiger charge is -2.27. The predicted molar refractivity (Wildman–Crippen MR) is 174 cm³/mol. The quantitative estimate of drug-likeness (QED) is 0.181. The van der Waals surface area contributed by atoms with Crippen LogP contribution in [-0.4, -0.2) is 52.3 Å². The molecule has 0 aliphatic heterocycles. The first kappa shape index (κ1) is 33.4. The van der Waals surface area contributed by atoms with Gasteiger partial charge < -0.3 is 20.1 Å². The number of methoxy groups -OCH3 is 1. The number of amides is 2. The molecule has 2 heterocycles. The molecule has 0 spiro atoms. The first-order valence-electron chi connectivity index (χ1n) is 14.3. The summed E-state index contributed by atoms with van der Waals surface area (Å²) in [6.45, 7) is 9.13. The van der Waals surface area contributed by atoms with Crippen LogP contribution in [-0.2, 0) is 14.3 Å². The topological polar surface area (TPSA) is 129 Å². The highest BCUT2D eigenvalue weighted by atomic mass is 35.5. The highest BCUT2D eigenvalue weighted by Gasteiger charge is 2.31. The second-order valence-electron chi connectivity index (χ2n) is 11.4. The van der Waals surface area contributed by atoms with Crippen molar-refractivity contribution < 1.29 is 28.7 Å². The lowest BCUT2D eigenvalue weighted by Crippen LogP contribution is -2.47. The van der Waals surface area contributed by atoms with Crippen LogP contribution in [0.4, 0.5) is 5.69 Å². The molecule has 4 aromatic rings. The Labute approximate surface area is 270 Å². The maximum Gasteiger partial charge on any atom is 0.337 e. The van der Waals surface area contributed by atoms with E-state index in [1.54, 1.807) is 81.6 Å². The number of hydrogen-bond donors (Lipinski definition) is 2. The molecular formula is C33H35ClN4O6S. The number of hydrogen-bond acceptors (Lipinski definition) is 8. The number of carbonyl (C=O) groups excluding carboxylic acids is 4. The van der Waals surface area contributed by atoms with Gasteiger partial charge in [-0.15, -0.1) is 11.3 Å². The molecule has 0 radical (unpaired) electrons. The van der Waals surface area contributed by atoms with E-state index in [9.17, 15) is 19.2 Å². The Kier molecular flexibility index (Phi) is 10.5. The summed E-state index contributed by atoms with van der Waals surface area (Å²) in [7, 11) is 1.31. The van der Waals surface area contributed by atoms with E-state index in [2.05, 4.69) is 15.7 Å². The lowest BCUT2D eigenvalue weighted by atomic mass is 9.98. The van der Waals surface area contributed by atoms with Crippen LogP contribution in [0.25, 0.3) is 16.3 Å². The van der Waals surface area contributed by atoms with Crippen LogP contribution in [0.15, 0.2) is 66.9 Å². The van der Waals surface area contributed by atoms with Crippen LogP contribution >= 0.6 is 22.9 Å². The number of aromatic nitrogens is 2. The van der Waals surface area contributed by atoms with Crippen molar-refractivity contribution in [2.75, 3.05) is 12.4 Å². The maximum atomic E-state index is 13.6. The number of anilines is 1. The van der Waals surface area contributed by atoms with Crippen molar-refractivity contribution in [3.63, 3.8) is 0 Å². The molecule has 2 amide bonds. The number of rotatable bonds is 10. The number of esters is 2. The van der Waals surface area contributed by atoms with Crippen molar-refractivity contribution in [3.8, 4) is 16.3 Å². The summed E-state index contributed by atoms with van der Waals surface area (Å²) in [6.07, 6.45) is 2.24. The van der Waals surface area contributed by atoms with Crippen molar-refractivity contribution in [1.29, 1.82) is 0 Å². The zero-order chi connectivity index (χ0) is 32.9. The van der Waals surface area contributed by atoms with Gasteiger partial charge in [-0.3, -0.25) is 9.59 Å². The standard InChI is InChI=1S/C33H35ClN4O6S/c1-7-19(2)27(32(42)44-33(3,4)5)36-29(39)21-9-8-10-22(17-21)35-30(40)24-18-38(37-28(24)25-15-16-26(34)45-25)23-13-11-20(12-14-23)31(41)43-6/h8-19,27H,7H2,1-6H3,(H,35,40)(H,36,39)/t19-,27-/m1/s1. The highest BCUT2D eigenvalue weighted by molar-refractivity contribution is 7.19. The van der Waals surface area contributed by atoms with Gasteiger partial charge in [0.1, 0.15) is 17.3 Å². The molecular weight excluding hydrogens is 616 g/mol. The molecule has 0 unspecified atom stereocenters. The SMILES string of the molecule is CC[C@@H](C)[C@@H](NC(=O)c1cccc(NC(=O)c2cn(-c3ccc(C(=O)OC)cc3)nc2-c2ccc(Cl)s2)c1)C(=O)OC(C)(C)C. The average Bonchev–Trinajstić information content (AvgIpc) is 3.65. The summed E-state index contributed by atoms with van der Waals surface area (Å²) in [4.78, 5) is 52.3. The minimum Gasteiger partial charge on any atom is -0.465 e. The number of carbonyl (C=O) groups is 4. The zero-order valence-corrected chi connectivity index (χ0v) is 27.4. The van der Waals surface area contributed by atoms with E-state index in [1.165, 1.54) is 29.2 Å². The molecule has 10 nitrogen and oxygen atoms in total. The number of halogens is 1. The molecule has 2 aromatic heterocycles. The number of thiophene rings is 1. The van der Waals surface area contributed by atoms with Gasteiger partial charge >= 0.3 is 11.9 Å². The second-order valence-corrected chi connectivity index (χ2v) is 13.1. The van der Waals surface area contributed by atoms with Crippen LogP contribution < -0.4 is 10.6 Å². The molecule has 0 aliphatic rings. The first-order valence-corrected chi connectivity index (χ1v) is 15.5. The molecule has 0 saturated heterocycles. The van der Waals surface area contributed by atoms with Crippen LogP contribution in [0.5, 0.6) is 0 Å². The van der Waals surface area contributed by atoms with E-state index in [-0.39, 0.29) is 17.0 Å². The summed E-state index contributed by atoms with van der Waals surface area (Å²) in [6, 6.07) is 15.7. The number of ether oxygens (including phenoxy) is 2. The number of nitrogens with zero attached hydrogens (tertiary/aromatic N) is 2. The molecule has 12 heteroatoms. The summed E-state index contributed by atoms with van der Waals surface area (Å²) in [5.74, 6) is -2.07. The molecule has 4 rings (SSSR count). The van der Waals surface area contributed by atoms with Crippen molar-refractivity contribution in [3.05, 3.63) is 87.9 Å². The second kappa shape index (κ2) is 14.1. The van der Waals surface area contributed by atoms with Gasteiger partial charge in [0.25, 0.3) is 11.8 Å². The minimum atomic E-state index is -0.840. The van der Waals surface area contributed by atoms with Crippen LogP contribution in [0.1, 0.15) is 72.1 Å². The third-order valence-electron chi connectivity index (χ3n) is 6.86. The van der Waals surface area contributed by atoms with E-state index in [0.717, 1.165) is 0 Å². The van der Waals surface area contributed by atoms with Gasteiger partial charge in [0.15, 0.2) is 0 Å². The Morgan fingerprint density at radius 2 is 1.71 bits per heavy atom. The van der Waals surface area contributed by atoms with Gasteiger partial charge in [0.2, 0.25) is 0 Å². The highest BCUT2D eigenvalue weighted by Crippen LogP contribution is 2.33. The summed E-state index contributed by atoms with van der Waals surface area (Å²) >= 11 is 7.47.